The molecule has 0 aromatic heterocycles. The van der Waals surface area contributed by atoms with E-state index in [1.165, 1.54) is 12.8 Å². The zero-order valence-corrected chi connectivity index (χ0v) is 30.7. The van der Waals surface area contributed by atoms with Crippen molar-refractivity contribution >= 4 is 17.9 Å². The number of carboxylic acids is 3. The quantitative estimate of drug-likeness (QED) is 0.0617. The van der Waals surface area contributed by atoms with E-state index in [2.05, 4.69) is 16.4 Å². The Morgan fingerprint density at radius 1 is 0.429 bits per heavy atom. The van der Waals surface area contributed by atoms with Gasteiger partial charge in [0.1, 0.15) is 0 Å². The van der Waals surface area contributed by atoms with Gasteiger partial charge >= 0.3 is 78.0 Å². The molecule has 0 spiro atoms. The summed E-state index contributed by atoms with van der Waals surface area (Å²) >= 11 is 0. The Labute approximate surface area is 306 Å². The van der Waals surface area contributed by atoms with Crippen LogP contribution in [0.15, 0.2) is 0 Å². The van der Waals surface area contributed by atoms with Crippen molar-refractivity contribution < 1.29 is 146 Å². The molecule has 0 atom stereocenters. The smallest absolute Gasteiger partial charge is 0.548 e. The Kier molecular flexibility index (Phi) is 67.3. The van der Waals surface area contributed by atoms with Gasteiger partial charge in [0.05, 0.1) is 104 Å². The van der Waals surface area contributed by atoms with Crippen molar-refractivity contribution in [3.8, 4) is 0 Å². The molecule has 0 heterocycles. The van der Waals surface area contributed by atoms with Crippen LogP contribution in [0.4, 0.5) is 0 Å². The molecule has 0 N–H and O–H groups in total. The van der Waals surface area contributed by atoms with Crippen molar-refractivity contribution in [1.29, 1.82) is 0 Å². The summed E-state index contributed by atoms with van der Waals surface area (Å²) in [6.07, 6.45) is 3.39. The molecule has 0 fully saturated rings. The Balaban J connectivity index is -0.000000112. The molecule has 234 valence electrons. The molecule has 0 aliphatic carbocycles. The normalized spacial score (nSPS) is 9.50. The van der Waals surface area contributed by atoms with Gasteiger partial charge in [-0.3, -0.25) is 0 Å². The summed E-state index contributed by atoms with van der Waals surface area (Å²) in [5, 5.41) is 29.6. The molecular weight excluding hydrogens is 577 g/mol. The summed E-state index contributed by atoms with van der Waals surface area (Å²) in [6.45, 7) is 11.1. The minimum absolute atomic E-state index is 0. The SMILES string of the molecule is CCCCCOCCOCC(=O)[O-].CCOCCOCCOCC(=O)[O-].CCOCCOCCOCC(=O)[O-].[Li+].[Na+].[Na+]. The summed E-state index contributed by atoms with van der Waals surface area (Å²) in [4.78, 5) is 29.6. The van der Waals surface area contributed by atoms with E-state index in [1.54, 1.807) is 0 Å². The standard InChI is InChI=1S/C9H18O4.2C8H16O5.Li.2Na/c1-2-3-4-5-12-6-7-13-8-9(10)11;2*1-2-11-3-4-12-5-6-13-7-8(9)10;;;/h2-8H2,1H3,(H,10,11);2*2-7H2,1H3,(H,9,10);;;/q;;;3*+1/p-3. The minimum Gasteiger partial charge on any atom is -0.548 e. The molecule has 0 saturated heterocycles. The molecule has 0 rings (SSSR count). The third kappa shape index (κ3) is 68.1. The maximum Gasteiger partial charge on any atom is 1.00 e. The van der Waals surface area contributed by atoms with Crippen LogP contribution in [0.5, 0.6) is 0 Å². The Hall–Kier alpha value is 0.687. The molecular formula is C25H47LiNa2O14. The number of aliphatic carboxylic acids is 3. The Bertz CT molecular complexity index is 466. The van der Waals surface area contributed by atoms with Crippen LogP contribution in [0.2, 0.25) is 0 Å². The van der Waals surface area contributed by atoms with Crippen molar-refractivity contribution in [2.24, 2.45) is 0 Å². The molecule has 0 aromatic carbocycles. The number of carbonyl (C=O) groups excluding carboxylic acids is 3. The largest absolute Gasteiger partial charge is 1.00 e. The van der Waals surface area contributed by atoms with E-state index < -0.39 is 17.9 Å². The van der Waals surface area contributed by atoms with Crippen LogP contribution in [0.1, 0.15) is 40.0 Å². The number of hydrogen-bond donors (Lipinski definition) is 0. The molecule has 0 amide bonds. The van der Waals surface area contributed by atoms with Gasteiger partial charge < -0.3 is 67.6 Å². The van der Waals surface area contributed by atoms with E-state index in [-0.39, 0.29) is 111 Å². The summed E-state index contributed by atoms with van der Waals surface area (Å²) in [7, 11) is 0. The monoisotopic (exact) mass is 624 g/mol. The van der Waals surface area contributed by atoms with Crippen molar-refractivity contribution in [3.63, 3.8) is 0 Å². The summed E-state index contributed by atoms with van der Waals surface area (Å²) in [5.74, 6) is -3.62. The molecule has 0 aliphatic heterocycles. The van der Waals surface area contributed by atoms with Crippen molar-refractivity contribution in [1.82, 2.24) is 0 Å². The van der Waals surface area contributed by atoms with Crippen LogP contribution in [0, 0.1) is 0 Å². The van der Waals surface area contributed by atoms with Gasteiger partial charge in [-0.1, -0.05) is 19.8 Å². The van der Waals surface area contributed by atoms with Crippen LogP contribution < -0.4 is 93.3 Å². The van der Waals surface area contributed by atoms with Gasteiger partial charge in [-0.15, -0.1) is 0 Å². The van der Waals surface area contributed by atoms with Crippen LogP contribution in [0.3, 0.4) is 0 Å². The Morgan fingerprint density at radius 2 is 0.690 bits per heavy atom. The third-order valence-electron chi connectivity index (χ3n) is 3.82. The van der Waals surface area contributed by atoms with Gasteiger partial charge in [-0.2, -0.15) is 0 Å². The van der Waals surface area contributed by atoms with Gasteiger partial charge in [0.25, 0.3) is 0 Å². The second-order valence-corrected chi connectivity index (χ2v) is 7.21. The van der Waals surface area contributed by atoms with Crippen LogP contribution in [-0.2, 0) is 52.3 Å². The van der Waals surface area contributed by atoms with Crippen LogP contribution in [-0.4, -0.2) is 124 Å². The molecule has 0 radical (unpaired) electrons. The average molecular weight is 625 g/mol. The first-order chi connectivity index (χ1) is 18.8. The van der Waals surface area contributed by atoms with E-state index in [9.17, 15) is 29.7 Å². The number of carboxylic acid groups (broad SMARTS) is 3. The van der Waals surface area contributed by atoms with Gasteiger partial charge in [0, 0.05) is 19.8 Å². The van der Waals surface area contributed by atoms with E-state index in [4.69, 9.17) is 28.4 Å². The molecule has 17 heteroatoms. The van der Waals surface area contributed by atoms with Crippen LogP contribution in [0.25, 0.3) is 0 Å². The van der Waals surface area contributed by atoms with Crippen molar-refractivity contribution in [3.05, 3.63) is 0 Å². The molecule has 0 aromatic rings. The second kappa shape index (κ2) is 51.3. The minimum atomic E-state index is -1.21. The fourth-order valence-electron chi connectivity index (χ4n) is 2.10. The topological polar surface area (TPSA) is 194 Å². The van der Waals surface area contributed by atoms with Crippen LogP contribution >= 0.6 is 0 Å². The van der Waals surface area contributed by atoms with Gasteiger partial charge in [0.15, 0.2) is 0 Å². The van der Waals surface area contributed by atoms with E-state index in [1.807, 2.05) is 13.8 Å². The van der Waals surface area contributed by atoms with E-state index in [0.29, 0.717) is 66.1 Å². The number of rotatable bonds is 27. The Morgan fingerprint density at radius 3 is 0.952 bits per heavy atom. The average Bonchev–Trinajstić information content (AvgIpc) is 2.89. The van der Waals surface area contributed by atoms with Crippen molar-refractivity contribution in [2.75, 3.05) is 106 Å². The van der Waals surface area contributed by atoms with Gasteiger partial charge in [-0.25, -0.2) is 0 Å². The number of carbonyl (C=O) groups is 3. The summed E-state index contributed by atoms with van der Waals surface area (Å²) in [6, 6.07) is 0. The summed E-state index contributed by atoms with van der Waals surface area (Å²) in [5.41, 5.74) is 0. The summed E-state index contributed by atoms with van der Waals surface area (Å²) < 4.78 is 39.4. The van der Waals surface area contributed by atoms with E-state index in [0.717, 1.165) is 13.0 Å². The number of hydrogen-bond acceptors (Lipinski definition) is 14. The fourth-order valence-corrected chi connectivity index (χ4v) is 2.10. The maximum atomic E-state index is 9.90. The first-order valence-corrected chi connectivity index (χ1v) is 13.0. The third-order valence-corrected chi connectivity index (χ3v) is 3.82. The molecule has 14 nitrogen and oxygen atoms in total. The number of ether oxygens (including phenoxy) is 8. The predicted molar refractivity (Wildman–Crippen MR) is 132 cm³/mol. The van der Waals surface area contributed by atoms with Crippen molar-refractivity contribution in [2.45, 2.75) is 40.0 Å². The first kappa shape index (κ1) is 55.1. The first-order valence-electron chi connectivity index (χ1n) is 13.0. The zero-order valence-electron chi connectivity index (χ0n) is 26.7. The predicted octanol–water partition coefficient (Wildman–Crippen LogP) is -11.4. The second-order valence-electron chi connectivity index (χ2n) is 7.21. The zero-order chi connectivity index (χ0) is 29.8. The molecule has 0 bridgehead atoms. The maximum absolute atomic E-state index is 9.90. The molecule has 0 unspecified atom stereocenters. The van der Waals surface area contributed by atoms with E-state index >= 15 is 0 Å². The molecule has 0 saturated carbocycles. The molecule has 42 heavy (non-hydrogen) atoms. The molecule has 0 aliphatic rings. The number of unbranched alkanes of at least 4 members (excludes halogenated alkanes) is 2. The fraction of sp³-hybridized carbons (Fsp3) is 0.880. The van der Waals surface area contributed by atoms with Gasteiger partial charge in [-0.05, 0) is 20.3 Å². The van der Waals surface area contributed by atoms with Gasteiger partial charge in [0.2, 0.25) is 0 Å².